The van der Waals surface area contributed by atoms with Crippen LogP contribution in [0.5, 0.6) is 0 Å². The first-order valence-electron chi connectivity index (χ1n) is 3.32. The lowest BCUT2D eigenvalue weighted by Gasteiger charge is -1.98. The van der Waals surface area contributed by atoms with Gasteiger partial charge in [-0.05, 0) is 17.2 Å². The zero-order valence-electron chi connectivity index (χ0n) is 6.37. The molecule has 2 aliphatic rings. The average molecular weight is 153 g/mol. The second kappa shape index (κ2) is 3.37. The standard InChI is InChI=1S/C8H8O.H3NO/c1-9-8-5-6-2-3-7(8)4-6;1-2/h2-3,5H,4H2,1H3;2H,1H2. The van der Waals surface area contributed by atoms with Crippen LogP contribution in [0.25, 0.3) is 0 Å². The van der Waals surface area contributed by atoms with Crippen LogP contribution in [0.2, 0.25) is 0 Å². The van der Waals surface area contributed by atoms with Gasteiger partial charge in [-0.15, -0.1) is 0 Å². The molecule has 0 spiro atoms. The minimum Gasteiger partial charge on any atom is -0.496 e. The maximum atomic E-state index is 6.50. The van der Waals surface area contributed by atoms with Crippen molar-refractivity contribution in [2.45, 2.75) is 6.42 Å². The summed E-state index contributed by atoms with van der Waals surface area (Å²) in [6, 6.07) is 0. The molecule has 60 valence electrons. The number of allylic oxidation sites excluding steroid dienone is 5. The summed E-state index contributed by atoms with van der Waals surface area (Å²) in [5.74, 6) is 4.55. The summed E-state index contributed by atoms with van der Waals surface area (Å²) in [5.41, 5.74) is 2.70. The fourth-order valence-corrected chi connectivity index (χ4v) is 1.26. The van der Waals surface area contributed by atoms with E-state index >= 15 is 0 Å². The van der Waals surface area contributed by atoms with Gasteiger partial charge in [0.1, 0.15) is 5.76 Å². The molecule has 0 fully saturated rings. The Labute approximate surface area is 65.4 Å². The van der Waals surface area contributed by atoms with Crippen LogP contribution in [-0.2, 0) is 4.74 Å². The van der Waals surface area contributed by atoms with E-state index in [0.717, 1.165) is 12.2 Å². The van der Waals surface area contributed by atoms with E-state index in [-0.39, 0.29) is 0 Å². The normalized spacial score (nSPS) is 17.9. The molecule has 0 amide bonds. The fraction of sp³-hybridized carbons (Fsp3) is 0.250. The smallest absolute Gasteiger partial charge is 0.122 e. The molecule has 2 aliphatic carbocycles. The van der Waals surface area contributed by atoms with Crippen LogP contribution < -0.4 is 5.90 Å². The molecule has 2 rings (SSSR count). The van der Waals surface area contributed by atoms with Gasteiger partial charge < -0.3 is 9.94 Å². The van der Waals surface area contributed by atoms with Crippen LogP contribution in [0.3, 0.4) is 0 Å². The first kappa shape index (κ1) is 8.04. The summed E-state index contributed by atoms with van der Waals surface area (Å²) < 4.78 is 5.10. The summed E-state index contributed by atoms with van der Waals surface area (Å²) in [7, 11) is 1.72. The third kappa shape index (κ3) is 1.34. The van der Waals surface area contributed by atoms with Gasteiger partial charge in [0.05, 0.1) is 7.11 Å². The molecule has 0 aromatic heterocycles. The largest absolute Gasteiger partial charge is 0.496 e. The first-order valence-corrected chi connectivity index (χ1v) is 3.32. The SMILES string of the molecule is COC1=C2C=CC(=C1)C2.NO. The number of rotatable bonds is 1. The number of nitrogens with two attached hydrogens (primary N) is 1. The molecule has 3 heteroatoms. The van der Waals surface area contributed by atoms with Gasteiger partial charge in [0.2, 0.25) is 0 Å². The summed E-state index contributed by atoms with van der Waals surface area (Å²) in [5, 5.41) is 6.50. The second-order valence-corrected chi connectivity index (χ2v) is 2.32. The van der Waals surface area contributed by atoms with Crippen molar-refractivity contribution in [2.75, 3.05) is 7.11 Å². The molecule has 0 saturated heterocycles. The minimum absolute atomic E-state index is 1.05. The molecule has 0 unspecified atom stereocenters. The quantitative estimate of drug-likeness (QED) is 0.555. The third-order valence-electron chi connectivity index (χ3n) is 1.75. The number of hydrogen-bond acceptors (Lipinski definition) is 3. The molecule has 3 N–H and O–H groups in total. The summed E-state index contributed by atoms with van der Waals surface area (Å²) in [6.07, 6.45) is 7.44. The van der Waals surface area contributed by atoms with Gasteiger partial charge in [-0.25, -0.2) is 5.90 Å². The maximum Gasteiger partial charge on any atom is 0.122 e. The van der Waals surface area contributed by atoms with Crippen molar-refractivity contribution < 1.29 is 9.94 Å². The Kier molecular flexibility index (Phi) is 2.46. The van der Waals surface area contributed by atoms with Gasteiger partial charge in [-0.1, -0.05) is 12.2 Å². The highest BCUT2D eigenvalue weighted by atomic mass is 16.5. The number of fused-ring (bicyclic) bond motifs is 2. The van der Waals surface area contributed by atoms with E-state index in [9.17, 15) is 0 Å². The Morgan fingerprint density at radius 3 is 2.45 bits per heavy atom. The zero-order chi connectivity index (χ0) is 8.27. The van der Waals surface area contributed by atoms with E-state index in [1.54, 1.807) is 7.11 Å². The molecule has 3 nitrogen and oxygen atoms in total. The Morgan fingerprint density at radius 1 is 1.45 bits per heavy atom. The van der Waals surface area contributed by atoms with Crippen molar-refractivity contribution in [1.29, 1.82) is 0 Å². The van der Waals surface area contributed by atoms with Gasteiger partial charge in [-0.3, -0.25) is 0 Å². The van der Waals surface area contributed by atoms with Crippen molar-refractivity contribution in [3.05, 3.63) is 35.1 Å². The van der Waals surface area contributed by atoms with E-state index in [2.05, 4.69) is 24.1 Å². The van der Waals surface area contributed by atoms with Crippen molar-refractivity contribution in [3.8, 4) is 0 Å². The Balaban J connectivity index is 0.000000281. The average Bonchev–Trinajstić information content (AvgIpc) is 2.67. The lowest BCUT2D eigenvalue weighted by molar-refractivity contribution is 0.305. The molecule has 0 aromatic carbocycles. The zero-order valence-corrected chi connectivity index (χ0v) is 6.37. The van der Waals surface area contributed by atoms with Crippen molar-refractivity contribution >= 4 is 0 Å². The maximum absolute atomic E-state index is 6.50. The summed E-state index contributed by atoms with van der Waals surface area (Å²) >= 11 is 0. The van der Waals surface area contributed by atoms with E-state index in [1.165, 1.54) is 11.1 Å². The lowest BCUT2D eigenvalue weighted by atomic mass is 10.3. The van der Waals surface area contributed by atoms with Crippen molar-refractivity contribution in [1.82, 2.24) is 0 Å². The highest BCUT2D eigenvalue weighted by molar-refractivity contribution is 5.52. The lowest BCUT2D eigenvalue weighted by Crippen LogP contribution is -1.82. The Hall–Kier alpha value is -1.06. The molecule has 0 radical (unpaired) electrons. The van der Waals surface area contributed by atoms with E-state index < -0.39 is 0 Å². The van der Waals surface area contributed by atoms with Crippen LogP contribution in [0.1, 0.15) is 6.42 Å². The van der Waals surface area contributed by atoms with Gasteiger partial charge in [0.25, 0.3) is 0 Å². The third-order valence-corrected chi connectivity index (χ3v) is 1.75. The minimum atomic E-state index is 1.05. The van der Waals surface area contributed by atoms with Gasteiger partial charge in [-0.2, -0.15) is 0 Å². The second-order valence-electron chi connectivity index (χ2n) is 2.32. The molecule has 0 aromatic rings. The van der Waals surface area contributed by atoms with Gasteiger partial charge >= 0.3 is 0 Å². The van der Waals surface area contributed by atoms with Crippen molar-refractivity contribution in [2.24, 2.45) is 5.90 Å². The molecule has 0 atom stereocenters. The fourth-order valence-electron chi connectivity index (χ4n) is 1.26. The monoisotopic (exact) mass is 153 g/mol. The number of hydrogen-bond donors (Lipinski definition) is 2. The number of methoxy groups -OCH3 is 1. The highest BCUT2D eigenvalue weighted by Crippen LogP contribution is 2.33. The molecule has 0 saturated carbocycles. The molecule has 0 aliphatic heterocycles. The van der Waals surface area contributed by atoms with Crippen LogP contribution >= 0.6 is 0 Å². The predicted octanol–water partition coefficient (Wildman–Crippen LogP) is 1.12. The Bertz CT molecular complexity index is 238. The van der Waals surface area contributed by atoms with E-state index in [0.29, 0.717) is 0 Å². The number of ether oxygens (including phenoxy) is 1. The summed E-state index contributed by atoms with van der Waals surface area (Å²) in [4.78, 5) is 0. The van der Waals surface area contributed by atoms with E-state index in [4.69, 9.17) is 9.94 Å². The van der Waals surface area contributed by atoms with Crippen molar-refractivity contribution in [3.63, 3.8) is 0 Å². The predicted molar refractivity (Wildman–Crippen MR) is 41.8 cm³/mol. The van der Waals surface area contributed by atoms with Gasteiger partial charge in [0.15, 0.2) is 0 Å². The van der Waals surface area contributed by atoms with Gasteiger partial charge in [0, 0.05) is 6.42 Å². The topological polar surface area (TPSA) is 55.5 Å². The Morgan fingerprint density at radius 2 is 2.18 bits per heavy atom. The molecule has 11 heavy (non-hydrogen) atoms. The van der Waals surface area contributed by atoms with Crippen LogP contribution in [0.15, 0.2) is 35.1 Å². The molecular weight excluding hydrogens is 142 g/mol. The highest BCUT2D eigenvalue weighted by Gasteiger charge is 2.17. The molecule has 2 bridgehead atoms. The first-order chi connectivity index (χ1) is 5.40. The summed E-state index contributed by atoms with van der Waals surface area (Å²) in [6.45, 7) is 0. The van der Waals surface area contributed by atoms with Crippen LogP contribution in [0, 0.1) is 0 Å². The molecular formula is C8H11NO2. The van der Waals surface area contributed by atoms with Crippen LogP contribution in [0.4, 0.5) is 0 Å². The van der Waals surface area contributed by atoms with E-state index in [1.807, 2.05) is 0 Å². The molecule has 0 heterocycles. The van der Waals surface area contributed by atoms with Crippen LogP contribution in [-0.4, -0.2) is 12.3 Å².